The number of likely N-dealkylation sites (tertiary alicyclic amines) is 1. The summed E-state index contributed by atoms with van der Waals surface area (Å²) in [6.45, 7) is 3.43. The van der Waals surface area contributed by atoms with Crippen LogP contribution in [0.2, 0.25) is 0 Å². The van der Waals surface area contributed by atoms with E-state index in [1.165, 1.54) is 0 Å². The first kappa shape index (κ1) is 19.7. The Balaban J connectivity index is 1.31. The van der Waals surface area contributed by atoms with Gasteiger partial charge in [-0.25, -0.2) is 0 Å². The zero-order valence-corrected chi connectivity index (χ0v) is 16.0. The molecule has 28 heavy (non-hydrogen) atoms. The second-order valence-corrected chi connectivity index (χ2v) is 8.51. The van der Waals surface area contributed by atoms with Crippen molar-refractivity contribution in [2.45, 2.75) is 56.9 Å². The topological polar surface area (TPSA) is 44.4 Å². The number of alkyl halides is 3. The highest BCUT2D eigenvalue weighted by Crippen LogP contribution is 2.39. The highest BCUT2D eigenvalue weighted by atomic mass is 19.4. The van der Waals surface area contributed by atoms with E-state index in [1.807, 2.05) is 0 Å². The lowest BCUT2D eigenvalue weighted by Gasteiger charge is -2.27. The van der Waals surface area contributed by atoms with E-state index >= 15 is 0 Å². The van der Waals surface area contributed by atoms with E-state index in [2.05, 4.69) is 15.5 Å². The van der Waals surface area contributed by atoms with Crippen LogP contribution < -0.4 is 10.6 Å². The lowest BCUT2D eigenvalue weighted by molar-refractivity contribution is -0.137. The van der Waals surface area contributed by atoms with Gasteiger partial charge in [0.05, 0.1) is 11.6 Å². The number of piperidine rings is 1. The minimum absolute atomic E-state index is 0.0579. The van der Waals surface area contributed by atoms with Crippen molar-refractivity contribution < 1.29 is 18.0 Å². The molecular weight excluding hydrogens is 367 g/mol. The maximum Gasteiger partial charge on any atom is 0.416 e. The quantitative estimate of drug-likeness (QED) is 0.823. The van der Waals surface area contributed by atoms with Gasteiger partial charge in [-0.15, -0.1) is 0 Å². The van der Waals surface area contributed by atoms with Crippen molar-refractivity contribution in [3.63, 3.8) is 0 Å². The molecule has 0 bridgehead atoms. The van der Waals surface area contributed by atoms with Crippen molar-refractivity contribution in [2.24, 2.45) is 11.8 Å². The molecule has 7 heteroatoms. The predicted octanol–water partition coefficient (Wildman–Crippen LogP) is 3.17. The number of nitrogens with one attached hydrogen (secondary N) is 2. The second kappa shape index (κ2) is 8.03. The third kappa shape index (κ3) is 4.35. The SMILES string of the molecule is O=C(NC1CCC2CN(Cc3ccc(C(F)(F)F)cc3)CC21)[C@@H]1CCCCN1. The Labute approximate surface area is 163 Å². The molecule has 4 nitrogen and oxygen atoms in total. The molecule has 2 aliphatic heterocycles. The smallest absolute Gasteiger partial charge is 0.352 e. The van der Waals surface area contributed by atoms with E-state index in [-0.39, 0.29) is 18.0 Å². The van der Waals surface area contributed by atoms with E-state index in [0.29, 0.717) is 18.4 Å². The maximum atomic E-state index is 12.7. The van der Waals surface area contributed by atoms with Gasteiger partial charge < -0.3 is 10.6 Å². The third-order valence-corrected chi connectivity index (χ3v) is 6.57. The molecule has 2 saturated heterocycles. The molecule has 2 heterocycles. The minimum Gasteiger partial charge on any atom is -0.352 e. The second-order valence-electron chi connectivity index (χ2n) is 8.51. The van der Waals surface area contributed by atoms with Crippen LogP contribution >= 0.6 is 0 Å². The number of rotatable bonds is 4. The zero-order valence-electron chi connectivity index (χ0n) is 16.0. The molecule has 4 atom stereocenters. The number of amides is 1. The molecule has 3 unspecified atom stereocenters. The lowest BCUT2D eigenvalue weighted by atomic mass is 9.97. The summed E-state index contributed by atoms with van der Waals surface area (Å²) in [6.07, 6.45) is 0.993. The first-order valence-electron chi connectivity index (χ1n) is 10.3. The summed E-state index contributed by atoms with van der Waals surface area (Å²) in [5.41, 5.74) is 0.300. The largest absolute Gasteiger partial charge is 0.416 e. The van der Waals surface area contributed by atoms with Crippen molar-refractivity contribution in [3.05, 3.63) is 35.4 Å². The van der Waals surface area contributed by atoms with Crippen molar-refractivity contribution in [1.82, 2.24) is 15.5 Å². The van der Waals surface area contributed by atoms with E-state index in [0.717, 1.165) is 69.4 Å². The van der Waals surface area contributed by atoms with Crippen molar-refractivity contribution in [3.8, 4) is 0 Å². The monoisotopic (exact) mass is 395 g/mol. The summed E-state index contributed by atoms with van der Waals surface area (Å²) in [5.74, 6) is 1.15. The van der Waals surface area contributed by atoms with E-state index < -0.39 is 11.7 Å². The zero-order chi connectivity index (χ0) is 19.7. The molecule has 1 aromatic rings. The Morgan fingerprint density at radius 3 is 2.57 bits per heavy atom. The van der Waals surface area contributed by atoms with Crippen LogP contribution in [0.25, 0.3) is 0 Å². The van der Waals surface area contributed by atoms with Crippen LogP contribution in [-0.4, -0.2) is 42.5 Å². The molecule has 3 aliphatic rings. The highest BCUT2D eigenvalue weighted by Gasteiger charge is 2.43. The Kier molecular flexibility index (Phi) is 5.65. The molecule has 1 aromatic carbocycles. The molecule has 0 radical (unpaired) electrons. The average molecular weight is 395 g/mol. The van der Waals surface area contributed by atoms with Crippen LogP contribution in [0.15, 0.2) is 24.3 Å². The van der Waals surface area contributed by atoms with Crippen LogP contribution in [0.3, 0.4) is 0 Å². The fourth-order valence-electron chi connectivity index (χ4n) is 5.08. The Hall–Kier alpha value is -1.60. The number of benzene rings is 1. The van der Waals surface area contributed by atoms with Gasteiger partial charge in [0.1, 0.15) is 0 Å². The Bertz CT molecular complexity index is 685. The fourth-order valence-corrected chi connectivity index (χ4v) is 5.08. The van der Waals surface area contributed by atoms with Crippen molar-refractivity contribution in [1.29, 1.82) is 0 Å². The summed E-state index contributed by atoms with van der Waals surface area (Å²) in [7, 11) is 0. The first-order chi connectivity index (χ1) is 13.4. The number of hydrogen-bond acceptors (Lipinski definition) is 3. The van der Waals surface area contributed by atoms with Crippen LogP contribution in [0.4, 0.5) is 13.2 Å². The standard InChI is InChI=1S/C21H28F3N3O/c22-21(23,24)16-7-4-14(5-8-16)11-27-12-15-6-9-18(17(15)13-27)26-20(28)19-3-1-2-10-25-19/h4-5,7-8,15,17-19,25H,1-3,6,9-13H2,(H,26,28)/t15?,17?,18?,19-/m0/s1. The summed E-state index contributed by atoms with van der Waals surface area (Å²) in [5, 5.41) is 6.58. The molecule has 2 N–H and O–H groups in total. The van der Waals surface area contributed by atoms with Gasteiger partial charge in [0.25, 0.3) is 0 Å². The third-order valence-electron chi connectivity index (χ3n) is 6.57. The van der Waals surface area contributed by atoms with Crippen molar-refractivity contribution in [2.75, 3.05) is 19.6 Å². The Morgan fingerprint density at radius 2 is 1.89 bits per heavy atom. The molecular formula is C21H28F3N3O. The van der Waals surface area contributed by atoms with Gasteiger partial charge in [-0.3, -0.25) is 9.69 Å². The molecule has 154 valence electrons. The van der Waals surface area contributed by atoms with Crippen LogP contribution in [-0.2, 0) is 17.5 Å². The minimum atomic E-state index is -4.29. The Morgan fingerprint density at radius 1 is 1.11 bits per heavy atom. The first-order valence-corrected chi connectivity index (χ1v) is 10.3. The van der Waals surface area contributed by atoms with Gasteiger partial charge in [-0.2, -0.15) is 13.2 Å². The number of halogens is 3. The molecule has 1 amide bonds. The molecule has 4 rings (SSSR count). The van der Waals surface area contributed by atoms with E-state index in [1.54, 1.807) is 12.1 Å². The number of hydrogen-bond donors (Lipinski definition) is 2. The van der Waals surface area contributed by atoms with Gasteiger partial charge in [0.2, 0.25) is 5.91 Å². The summed E-state index contributed by atoms with van der Waals surface area (Å²) >= 11 is 0. The number of nitrogens with zero attached hydrogens (tertiary/aromatic N) is 1. The summed E-state index contributed by atoms with van der Waals surface area (Å²) in [4.78, 5) is 14.9. The molecule has 1 aliphatic carbocycles. The summed E-state index contributed by atoms with van der Waals surface area (Å²) in [6, 6.07) is 5.63. The van der Waals surface area contributed by atoms with Crippen LogP contribution in [0.5, 0.6) is 0 Å². The van der Waals surface area contributed by atoms with E-state index in [9.17, 15) is 18.0 Å². The van der Waals surface area contributed by atoms with Gasteiger partial charge in [0.15, 0.2) is 0 Å². The normalized spacial score (nSPS) is 31.0. The van der Waals surface area contributed by atoms with Crippen molar-refractivity contribution >= 4 is 5.91 Å². The fraction of sp³-hybridized carbons (Fsp3) is 0.667. The number of fused-ring (bicyclic) bond motifs is 1. The highest BCUT2D eigenvalue weighted by molar-refractivity contribution is 5.82. The van der Waals surface area contributed by atoms with Gasteiger partial charge in [-0.05, 0) is 61.8 Å². The summed E-state index contributed by atoms with van der Waals surface area (Å²) < 4.78 is 38.1. The molecule has 0 aromatic heterocycles. The molecule has 3 fully saturated rings. The van der Waals surface area contributed by atoms with Crippen LogP contribution in [0, 0.1) is 11.8 Å². The van der Waals surface area contributed by atoms with E-state index in [4.69, 9.17) is 0 Å². The average Bonchev–Trinajstić information content (AvgIpc) is 3.23. The number of carbonyl (C=O) groups excluding carboxylic acids is 1. The van der Waals surface area contributed by atoms with Gasteiger partial charge in [0, 0.05) is 25.7 Å². The van der Waals surface area contributed by atoms with Crippen LogP contribution in [0.1, 0.15) is 43.2 Å². The lowest BCUT2D eigenvalue weighted by Crippen LogP contribution is -2.50. The van der Waals surface area contributed by atoms with Gasteiger partial charge >= 0.3 is 6.18 Å². The predicted molar refractivity (Wildman–Crippen MR) is 101 cm³/mol. The van der Waals surface area contributed by atoms with Gasteiger partial charge in [-0.1, -0.05) is 18.6 Å². The molecule has 0 spiro atoms. The molecule has 1 saturated carbocycles. The number of carbonyl (C=O) groups is 1. The maximum absolute atomic E-state index is 12.7.